The molecule has 0 aromatic carbocycles. The number of carbonyl (C=O) groups excluding carboxylic acids is 1. The summed E-state index contributed by atoms with van der Waals surface area (Å²) in [5.41, 5.74) is 0.853. The van der Waals surface area contributed by atoms with E-state index in [-0.39, 0.29) is 23.6 Å². The molecule has 0 saturated carbocycles. The average molecular weight is 346 g/mol. The first-order valence-corrected chi connectivity index (χ1v) is 7.83. The van der Waals surface area contributed by atoms with Gasteiger partial charge in [0.15, 0.2) is 5.78 Å². The zero-order valence-electron chi connectivity index (χ0n) is 13.7. The molecule has 2 heterocycles. The number of carboxylic acid groups (broad SMARTS) is 1. The second kappa shape index (κ2) is 6.96. The number of alkyl halides is 3. The molecule has 1 saturated heterocycles. The molecule has 134 valence electrons. The maximum absolute atomic E-state index is 12.6. The zero-order valence-corrected chi connectivity index (χ0v) is 13.7. The number of halogens is 3. The van der Waals surface area contributed by atoms with Crippen LogP contribution in [-0.4, -0.2) is 51.6 Å². The van der Waals surface area contributed by atoms with Crippen LogP contribution >= 0.6 is 0 Å². The first kappa shape index (κ1) is 18.5. The lowest BCUT2D eigenvalue weighted by Crippen LogP contribution is -2.46. The number of aryl methyl sites for hydroxylation is 1. The van der Waals surface area contributed by atoms with Crippen LogP contribution in [0.2, 0.25) is 0 Å². The molecular weight excluding hydrogens is 325 g/mol. The van der Waals surface area contributed by atoms with Crippen molar-refractivity contribution in [3.05, 3.63) is 23.0 Å². The summed E-state index contributed by atoms with van der Waals surface area (Å²) in [4.78, 5) is 25.4. The summed E-state index contributed by atoms with van der Waals surface area (Å²) in [5, 5.41) is 9.24. The molecule has 24 heavy (non-hydrogen) atoms. The molecular formula is C16H21F3N2O3. The highest BCUT2D eigenvalue weighted by atomic mass is 19.4. The van der Waals surface area contributed by atoms with Gasteiger partial charge in [0, 0.05) is 17.0 Å². The molecule has 1 aromatic rings. The van der Waals surface area contributed by atoms with E-state index < -0.39 is 24.7 Å². The van der Waals surface area contributed by atoms with Crippen LogP contribution in [0.15, 0.2) is 6.07 Å². The van der Waals surface area contributed by atoms with Crippen LogP contribution in [0.25, 0.3) is 0 Å². The maximum Gasteiger partial charge on any atom is 0.406 e. The van der Waals surface area contributed by atoms with Crippen LogP contribution in [-0.2, 0) is 11.3 Å². The maximum atomic E-state index is 12.6. The van der Waals surface area contributed by atoms with Gasteiger partial charge in [0.05, 0.1) is 6.54 Å². The summed E-state index contributed by atoms with van der Waals surface area (Å²) in [6, 6.07) is 0.740. The molecule has 1 aliphatic heterocycles. The first-order chi connectivity index (χ1) is 11.1. The number of aliphatic carboxylic acids is 1. The van der Waals surface area contributed by atoms with Gasteiger partial charge in [0.2, 0.25) is 0 Å². The van der Waals surface area contributed by atoms with Crippen molar-refractivity contribution in [2.24, 2.45) is 0 Å². The van der Waals surface area contributed by atoms with Crippen molar-refractivity contribution in [1.82, 2.24) is 9.47 Å². The Balaban J connectivity index is 2.18. The predicted octanol–water partition coefficient (Wildman–Crippen LogP) is 2.79. The highest BCUT2D eigenvalue weighted by Gasteiger charge is 2.32. The molecule has 8 heteroatoms. The Labute approximate surface area is 138 Å². The van der Waals surface area contributed by atoms with Gasteiger partial charge < -0.3 is 9.67 Å². The molecule has 0 aliphatic carbocycles. The lowest BCUT2D eigenvalue weighted by Gasteiger charge is -2.32. The number of Topliss-reactive ketones (excluding diaryl/α,β-unsaturated/α-hetero) is 1. The second-order valence-corrected chi connectivity index (χ2v) is 6.23. The number of hydrogen-bond acceptors (Lipinski definition) is 3. The summed E-state index contributed by atoms with van der Waals surface area (Å²) in [6.45, 7) is 2.28. The second-order valence-electron chi connectivity index (χ2n) is 6.23. The number of carboxylic acids is 1. The van der Waals surface area contributed by atoms with Crippen molar-refractivity contribution >= 4 is 11.8 Å². The summed E-state index contributed by atoms with van der Waals surface area (Å²) in [5.74, 6) is -1.31. The van der Waals surface area contributed by atoms with E-state index in [0.29, 0.717) is 18.7 Å². The van der Waals surface area contributed by atoms with Gasteiger partial charge in [-0.15, -0.1) is 0 Å². The Bertz CT molecular complexity index is 637. The fraction of sp³-hybridized carbons (Fsp3) is 0.625. The lowest BCUT2D eigenvalue weighted by molar-refractivity contribution is -0.144. The number of rotatable bonds is 5. The quantitative estimate of drug-likeness (QED) is 0.833. The van der Waals surface area contributed by atoms with Crippen molar-refractivity contribution in [3.63, 3.8) is 0 Å². The minimum absolute atomic E-state index is 0.0900. The molecule has 0 spiro atoms. The molecule has 1 fully saturated rings. The number of carbonyl (C=O) groups is 2. The van der Waals surface area contributed by atoms with Crippen LogP contribution < -0.4 is 0 Å². The van der Waals surface area contributed by atoms with E-state index in [1.165, 1.54) is 19.9 Å². The monoisotopic (exact) mass is 346 g/mol. The zero-order chi connectivity index (χ0) is 18.1. The molecule has 2 rings (SSSR count). The fourth-order valence-corrected chi connectivity index (χ4v) is 3.24. The Morgan fingerprint density at radius 1 is 1.29 bits per heavy atom. The normalized spacial score (nSPS) is 19.5. The third-order valence-electron chi connectivity index (χ3n) is 4.46. The van der Waals surface area contributed by atoms with Gasteiger partial charge in [0.25, 0.3) is 0 Å². The molecule has 0 radical (unpaired) electrons. The third-order valence-corrected chi connectivity index (χ3v) is 4.46. The lowest BCUT2D eigenvalue weighted by atomic mass is 10.0. The number of likely N-dealkylation sites (tertiary alicyclic amines) is 1. The number of ketones is 1. The summed E-state index contributed by atoms with van der Waals surface area (Å²) in [7, 11) is 0. The summed E-state index contributed by atoms with van der Waals surface area (Å²) in [6.07, 6.45) is -2.28. The molecule has 0 bridgehead atoms. The highest BCUT2D eigenvalue weighted by molar-refractivity contribution is 5.99. The van der Waals surface area contributed by atoms with Crippen LogP contribution in [0.5, 0.6) is 0 Å². The molecule has 0 amide bonds. The van der Waals surface area contributed by atoms with E-state index in [9.17, 15) is 27.9 Å². The van der Waals surface area contributed by atoms with E-state index in [2.05, 4.69) is 0 Å². The molecule has 1 N–H and O–H groups in total. The Kier molecular flexibility index (Phi) is 5.37. The predicted molar refractivity (Wildman–Crippen MR) is 81.1 cm³/mol. The SMILES string of the molecule is Cc1cc(C(=O)CN2CCCCC2C(=O)O)c(C)n1CC(F)(F)F. The number of hydrogen-bond donors (Lipinski definition) is 1. The van der Waals surface area contributed by atoms with E-state index in [1.54, 1.807) is 4.90 Å². The Morgan fingerprint density at radius 3 is 2.54 bits per heavy atom. The first-order valence-electron chi connectivity index (χ1n) is 7.83. The van der Waals surface area contributed by atoms with E-state index in [4.69, 9.17) is 0 Å². The van der Waals surface area contributed by atoms with Crippen molar-refractivity contribution < 1.29 is 27.9 Å². The minimum atomic E-state index is -4.36. The standard InChI is InChI=1S/C16H21F3N2O3/c1-10-7-12(11(2)21(10)9-16(17,18)19)14(22)8-20-6-4-3-5-13(20)15(23)24/h7,13H,3-6,8-9H2,1-2H3,(H,23,24). The van der Waals surface area contributed by atoms with Gasteiger partial charge >= 0.3 is 12.1 Å². The number of piperidine rings is 1. The van der Waals surface area contributed by atoms with Crippen molar-refractivity contribution in [1.29, 1.82) is 0 Å². The molecule has 1 aliphatic rings. The molecule has 1 atom stereocenters. The summed E-state index contributed by atoms with van der Waals surface area (Å²) >= 11 is 0. The minimum Gasteiger partial charge on any atom is -0.480 e. The fourth-order valence-electron chi connectivity index (χ4n) is 3.24. The molecule has 1 aromatic heterocycles. The van der Waals surface area contributed by atoms with E-state index in [0.717, 1.165) is 17.4 Å². The van der Waals surface area contributed by atoms with Crippen LogP contribution in [0.4, 0.5) is 13.2 Å². The Morgan fingerprint density at radius 2 is 1.96 bits per heavy atom. The van der Waals surface area contributed by atoms with Gasteiger partial charge in [-0.25, -0.2) is 0 Å². The molecule has 5 nitrogen and oxygen atoms in total. The van der Waals surface area contributed by atoms with Crippen molar-refractivity contribution in [2.45, 2.75) is 51.9 Å². The van der Waals surface area contributed by atoms with Gasteiger partial charge in [-0.05, 0) is 39.3 Å². The van der Waals surface area contributed by atoms with Gasteiger partial charge in [-0.1, -0.05) is 6.42 Å². The largest absolute Gasteiger partial charge is 0.480 e. The van der Waals surface area contributed by atoms with Crippen molar-refractivity contribution in [2.75, 3.05) is 13.1 Å². The van der Waals surface area contributed by atoms with Crippen LogP contribution in [0.1, 0.15) is 41.0 Å². The topological polar surface area (TPSA) is 62.5 Å². The summed E-state index contributed by atoms with van der Waals surface area (Å²) < 4.78 is 39.0. The number of nitrogens with zero attached hydrogens (tertiary/aromatic N) is 2. The van der Waals surface area contributed by atoms with Gasteiger partial charge in [0.1, 0.15) is 12.6 Å². The third kappa shape index (κ3) is 4.17. The average Bonchev–Trinajstić information content (AvgIpc) is 2.74. The van der Waals surface area contributed by atoms with Crippen LogP contribution in [0.3, 0.4) is 0 Å². The highest BCUT2D eigenvalue weighted by Crippen LogP contribution is 2.24. The van der Waals surface area contributed by atoms with E-state index >= 15 is 0 Å². The van der Waals surface area contributed by atoms with Gasteiger partial charge in [-0.2, -0.15) is 13.2 Å². The van der Waals surface area contributed by atoms with Crippen LogP contribution in [0, 0.1) is 13.8 Å². The van der Waals surface area contributed by atoms with E-state index in [1.807, 2.05) is 0 Å². The van der Waals surface area contributed by atoms with Gasteiger partial charge in [-0.3, -0.25) is 14.5 Å². The van der Waals surface area contributed by atoms with Crippen molar-refractivity contribution in [3.8, 4) is 0 Å². The Hall–Kier alpha value is -1.83. The number of aromatic nitrogens is 1. The molecule has 1 unspecified atom stereocenters. The smallest absolute Gasteiger partial charge is 0.406 e.